The van der Waals surface area contributed by atoms with Crippen LogP contribution in [0.5, 0.6) is 0 Å². The molecule has 6 heteroatoms. The van der Waals surface area contributed by atoms with Crippen LogP contribution in [0.25, 0.3) is 0 Å². The van der Waals surface area contributed by atoms with Crippen LogP contribution in [0.2, 0.25) is 0 Å². The molecular weight excluding hydrogens is 254 g/mol. The van der Waals surface area contributed by atoms with E-state index in [0.29, 0.717) is 30.9 Å². The van der Waals surface area contributed by atoms with Crippen molar-refractivity contribution in [3.63, 3.8) is 0 Å². The normalized spacial score (nSPS) is 23.3. The molecule has 0 aliphatic carbocycles. The van der Waals surface area contributed by atoms with E-state index in [2.05, 4.69) is 27.7 Å². The van der Waals surface area contributed by atoms with Gasteiger partial charge in [0.25, 0.3) is 5.91 Å². The molecule has 2 rings (SSSR count). The Labute approximate surface area is 119 Å². The molecule has 1 aromatic heterocycles. The molecule has 0 saturated carbocycles. The molecule has 20 heavy (non-hydrogen) atoms. The average Bonchev–Trinajstić information content (AvgIpc) is 2.48. The maximum atomic E-state index is 12.0. The van der Waals surface area contributed by atoms with Crippen molar-refractivity contribution in [2.45, 2.75) is 25.8 Å². The van der Waals surface area contributed by atoms with Crippen LogP contribution in [0.4, 0.5) is 5.82 Å². The largest absolute Gasteiger partial charge is 0.330 e. The Balaban J connectivity index is 1.78. The third kappa shape index (κ3) is 4.18. The number of nitrogens with one attached hydrogen (secondary N) is 2. The van der Waals surface area contributed by atoms with Gasteiger partial charge >= 0.3 is 0 Å². The Morgan fingerprint density at radius 1 is 1.50 bits per heavy atom. The first-order chi connectivity index (χ1) is 9.69. The molecule has 0 aromatic carbocycles. The van der Waals surface area contributed by atoms with Crippen molar-refractivity contribution in [2.24, 2.45) is 11.7 Å². The van der Waals surface area contributed by atoms with Crippen LogP contribution in [0.15, 0.2) is 24.4 Å². The Bertz CT molecular complexity index is 425. The van der Waals surface area contributed by atoms with Gasteiger partial charge in [0.15, 0.2) is 0 Å². The van der Waals surface area contributed by atoms with Gasteiger partial charge in [0.2, 0.25) is 0 Å². The predicted octanol–water partition coefficient (Wildman–Crippen LogP) is 0.584. The summed E-state index contributed by atoms with van der Waals surface area (Å²) in [4.78, 5) is 18.2. The van der Waals surface area contributed by atoms with E-state index in [4.69, 9.17) is 5.73 Å². The van der Waals surface area contributed by atoms with Crippen LogP contribution in [0.3, 0.4) is 0 Å². The van der Waals surface area contributed by atoms with Crippen molar-refractivity contribution in [1.29, 1.82) is 0 Å². The third-order valence-electron chi connectivity index (χ3n) is 3.78. The van der Waals surface area contributed by atoms with E-state index >= 15 is 0 Å². The summed E-state index contributed by atoms with van der Waals surface area (Å²) in [5.74, 6) is 1.08. The molecule has 1 fully saturated rings. The number of amides is 1. The van der Waals surface area contributed by atoms with E-state index in [-0.39, 0.29) is 5.91 Å². The minimum absolute atomic E-state index is 0.0554. The molecule has 0 radical (unpaired) electrons. The number of likely N-dealkylation sites (tertiary alicyclic amines) is 1. The minimum atomic E-state index is -0.0554. The van der Waals surface area contributed by atoms with Crippen LogP contribution >= 0.6 is 0 Å². The molecule has 0 spiro atoms. The number of hydrogen-bond acceptors (Lipinski definition) is 5. The fourth-order valence-corrected chi connectivity index (χ4v) is 2.47. The first kappa shape index (κ1) is 14.7. The number of pyridine rings is 1. The van der Waals surface area contributed by atoms with E-state index < -0.39 is 0 Å². The number of nitrogens with zero attached hydrogens (tertiary/aromatic N) is 2. The number of hydrazine groups is 1. The number of hydrogen-bond donors (Lipinski definition) is 3. The van der Waals surface area contributed by atoms with Crippen molar-refractivity contribution in [3.05, 3.63) is 24.4 Å². The van der Waals surface area contributed by atoms with Gasteiger partial charge in [-0.05, 0) is 44.4 Å². The summed E-state index contributed by atoms with van der Waals surface area (Å²) in [6, 6.07) is 5.92. The predicted molar refractivity (Wildman–Crippen MR) is 78.8 cm³/mol. The van der Waals surface area contributed by atoms with Crippen molar-refractivity contribution in [3.8, 4) is 0 Å². The van der Waals surface area contributed by atoms with E-state index in [1.165, 1.54) is 0 Å². The summed E-state index contributed by atoms with van der Waals surface area (Å²) < 4.78 is 0. The van der Waals surface area contributed by atoms with Crippen molar-refractivity contribution in [2.75, 3.05) is 25.1 Å². The maximum Gasteiger partial charge on any atom is 0.252 e. The number of nitrogens with two attached hydrogens (primary N) is 1. The minimum Gasteiger partial charge on any atom is -0.330 e. The van der Waals surface area contributed by atoms with Crippen LogP contribution in [0.1, 0.15) is 19.8 Å². The molecule has 2 heterocycles. The molecule has 1 amide bonds. The van der Waals surface area contributed by atoms with Crippen molar-refractivity contribution < 1.29 is 4.79 Å². The van der Waals surface area contributed by atoms with Crippen LogP contribution < -0.4 is 16.6 Å². The molecule has 4 N–H and O–H groups in total. The third-order valence-corrected chi connectivity index (χ3v) is 3.78. The smallest absolute Gasteiger partial charge is 0.252 e. The zero-order valence-corrected chi connectivity index (χ0v) is 11.9. The molecular formula is C14H23N5O. The summed E-state index contributed by atoms with van der Waals surface area (Å²) in [5, 5.41) is 0. The highest BCUT2D eigenvalue weighted by atomic mass is 16.2. The quantitative estimate of drug-likeness (QED) is 0.686. The van der Waals surface area contributed by atoms with Crippen LogP contribution in [0, 0.1) is 5.92 Å². The molecule has 1 aliphatic heterocycles. The first-order valence-electron chi connectivity index (χ1n) is 7.09. The van der Waals surface area contributed by atoms with Crippen LogP contribution in [-0.4, -0.2) is 41.5 Å². The van der Waals surface area contributed by atoms with Gasteiger partial charge in [-0.3, -0.25) is 20.5 Å². The summed E-state index contributed by atoms with van der Waals surface area (Å²) in [5.41, 5.74) is 11.2. The molecule has 110 valence electrons. The molecule has 2 unspecified atom stereocenters. The van der Waals surface area contributed by atoms with Gasteiger partial charge in [0.1, 0.15) is 5.82 Å². The van der Waals surface area contributed by atoms with Gasteiger partial charge < -0.3 is 5.73 Å². The van der Waals surface area contributed by atoms with E-state index in [0.717, 1.165) is 19.4 Å². The lowest BCUT2D eigenvalue weighted by molar-refractivity contribution is -0.122. The van der Waals surface area contributed by atoms with Crippen molar-refractivity contribution in [1.82, 2.24) is 15.3 Å². The number of carbonyl (C=O) groups excluding carboxylic acids is 1. The lowest BCUT2D eigenvalue weighted by Crippen LogP contribution is -2.49. The number of aromatic nitrogens is 1. The van der Waals surface area contributed by atoms with E-state index in [9.17, 15) is 4.79 Å². The lowest BCUT2D eigenvalue weighted by atomic mass is 9.93. The number of carbonyl (C=O) groups is 1. The highest BCUT2D eigenvalue weighted by Gasteiger charge is 2.25. The average molecular weight is 277 g/mol. The molecule has 0 bridgehead atoms. The van der Waals surface area contributed by atoms with Gasteiger partial charge in [0.05, 0.1) is 6.54 Å². The molecule has 2 atom stereocenters. The zero-order chi connectivity index (χ0) is 14.4. The molecule has 1 aliphatic rings. The van der Waals surface area contributed by atoms with Gasteiger partial charge in [-0.15, -0.1) is 0 Å². The highest BCUT2D eigenvalue weighted by molar-refractivity contribution is 5.79. The fourth-order valence-electron chi connectivity index (χ4n) is 2.47. The lowest BCUT2D eigenvalue weighted by Gasteiger charge is -2.37. The molecule has 1 aromatic rings. The van der Waals surface area contributed by atoms with Crippen molar-refractivity contribution >= 4 is 11.7 Å². The van der Waals surface area contributed by atoms with E-state index in [1.54, 1.807) is 12.3 Å². The van der Waals surface area contributed by atoms with Gasteiger partial charge in [-0.1, -0.05) is 6.07 Å². The summed E-state index contributed by atoms with van der Waals surface area (Å²) in [6.07, 6.45) is 3.93. The number of rotatable bonds is 5. The zero-order valence-electron chi connectivity index (χ0n) is 11.9. The highest BCUT2D eigenvalue weighted by Crippen LogP contribution is 2.20. The SMILES string of the molecule is CC1CCC(CN)CN1CC(=O)NNc1ccccn1. The second-order valence-corrected chi connectivity index (χ2v) is 5.35. The summed E-state index contributed by atoms with van der Waals surface area (Å²) in [7, 11) is 0. The second kappa shape index (κ2) is 7.21. The summed E-state index contributed by atoms with van der Waals surface area (Å²) in [6.45, 7) is 4.13. The molecule has 1 saturated heterocycles. The first-order valence-corrected chi connectivity index (χ1v) is 7.09. The van der Waals surface area contributed by atoms with Gasteiger partial charge in [-0.25, -0.2) is 4.98 Å². The standard InChI is InChI=1S/C14H23N5O/c1-11-5-6-12(8-15)9-19(11)10-14(20)18-17-13-4-2-3-7-16-13/h2-4,7,11-12H,5-6,8-10,15H2,1H3,(H,16,17)(H,18,20). The number of anilines is 1. The Morgan fingerprint density at radius 3 is 3.05 bits per heavy atom. The summed E-state index contributed by atoms with van der Waals surface area (Å²) >= 11 is 0. The maximum absolute atomic E-state index is 12.0. The number of piperidine rings is 1. The van der Waals surface area contributed by atoms with Crippen LogP contribution in [-0.2, 0) is 4.79 Å². The van der Waals surface area contributed by atoms with Gasteiger partial charge in [0, 0.05) is 18.8 Å². The Morgan fingerprint density at radius 2 is 2.35 bits per heavy atom. The van der Waals surface area contributed by atoms with E-state index in [1.807, 2.05) is 12.1 Å². The topological polar surface area (TPSA) is 83.3 Å². The monoisotopic (exact) mass is 277 g/mol. The second-order valence-electron chi connectivity index (χ2n) is 5.35. The molecule has 6 nitrogen and oxygen atoms in total. The Hall–Kier alpha value is -1.66. The van der Waals surface area contributed by atoms with Gasteiger partial charge in [-0.2, -0.15) is 0 Å². The Kier molecular flexibility index (Phi) is 5.31. The fraction of sp³-hybridized carbons (Fsp3) is 0.571.